The molecule has 0 bridgehead atoms. The number of piperidine rings is 1. The zero-order valence-electron chi connectivity index (χ0n) is 17.2. The average molecular weight is 414 g/mol. The lowest BCUT2D eigenvalue weighted by Crippen LogP contribution is -2.41. The van der Waals surface area contributed by atoms with Gasteiger partial charge in [0.05, 0.1) is 5.69 Å². The fraction of sp³-hybridized carbons (Fsp3) is 0.500. The molecule has 0 saturated carbocycles. The Morgan fingerprint density at radius 3 is 2.77 bits per heavy atom. The number of fused-ring (bicyclic) bond motifs is 1. The van der Waals surface area contributed by atoms with Crippen molar-refractivity contribution < 1.29 is 18.7 Å². The molecule has 1 atom stereocenters. The summed E-state index contributed by atoms with van der Waals surface area (Å²) in [5.74, 6) is 0.167. The van der Waals surface area contributed by atoms with Gasteiger partial charge < -0.3 is 14.5 Å². The smallest absolute Gasteiger partial charge is 0.272 e. The van der Waals surface area contributed by atoms with Crippen molar-refractivity contribution in [2.24, 2.45) is 0 Å². The standard InChI is InChI=1S/C22H27FN4O3/c1-2-25-11-4-12-27-20(22(25)29)13-19(24-27)16-5-3-10-26(14-16)21(28)15-30-18-8-6-17(23)7-9-18/h6-9,13,16H,2-5,10-12,14-15H2,1H3. The number of hydrogen-bond donors (Lipinski definition) is 0. The molecule has 7 nitrogen and oxygen atoms in total. The van der Waals surface area contributed by atoms with Crippen molar-refractivity contribution in [2.75, 3.05) is 32.8 Å². The van der Waals surface area contributed by atoms with E-state index in [1.807, 2.05) is 22.6 Å². The van der Waals surface area contributed by atoms with E-state index >= 15 is 0 Å². The highest BCUT2D eigenvalue weighted by Crippen LogP contribution is 2.28. The molecule has 2 amide bonds. The van der Waals surface area contributed by atoms with Gasteiger partial charge in [0, 0.05) is 38.6 Å². The molecule has 2 aliphatic heterocycles. The highest BCUT2D eigenvalue weighted by molar-refractivity contribution is 5.93. The summed E-state index contributed by atoms with van der Waals surface area (Å²) in [5.41, 5.74) is 1.53. The molecule has 0 N–H and O–H groups in total. The van der Waals surface area contributed by atoms with Crippen molar-refractivity contribution >= 4 is 11.8 Å². The van der Waals surface area contributed by atoms with Crippen molar-refractivity contribution in [3.05, 3.63) is 47.5 Å². The highest BCUT2D eigenvalue weighted by Gasteiger charge is 2.30. The van der Waals surface area contributed by atoms with Crippen LogP contribution in [0.3, 0.4) is 0 Å². The van der Waals surface area contributed by atoms with E-state index in [2.05, 4.69) is 0 Å². The first kappa shape index (κ1) is 20.4. The van der Waals surface area contributed by atoms with Gasteiger partial charge in [-0.25, -0.2) is 4.39 Å². The number of rotatable bonds is 5. The number of hydrogen-bond acceptors (Lipinski definition) is 4. The van der Waals surface area contributed by atoms with E-state index in [1.54, 1.807) is 4.90 Å². The van der Waals surface area contributed by atoms with Crippen LogP contribution in [-0.2, 0) is 11.3 Å². The van der Waals surface area contributed by atoms with Crippen molar-refractivity contribution in [1.29, 1.82) is 0 Å². The number of ether oxygens (including phenoxy) is 1. The van der Waals surface area contributed by atoms with Gasteiger partial charge in [0.25, 0.3) is 11.8 Å². The van der Waals surface area contributed by atoms with Crippen LogP contribution in [0.2, 0.25) is 0 Å². The van der Waals surface area contributed by atoms with Crippen LogP contribution >= 0.6 is 0 Å². The number of benzene rings is 1. The third-order valence-corrected chi connectivity index (χ3v) is 5.85. The number of likely N-dealkylation sites (tertiary alicyclic amines) is 1. The molecular formula is C22H27FN4O3. The maximum atomic E-state index is 13.0. The van der Waals surface area contributed by atoms with Crippen LogP contribution in [0.4, 0.5) is 4.39 Å². The zero-order chi connectivity index (χ0) is 21.1. The molecular weight excluding hydrogens is 387 g/mol. The lowest BCUT2D eigenvalue weighted by atomic mass is 9.94. The van der Waals surface area contributed by atoms with Crippen LogP contribution in [0.15, 0.2) is 30.3 Å². The molecule has 0 spiro atoms. The summed E-state index contributed by atoms with van der Waals surface area (Å²) in [4.78, 5) is 29.0. The van der Waals surface area contributed by atoms with Crippen LogP contribution in [0.1, 0.15) is 48.3 Å². The molecule has 0 radical (unpaired) electrons. The maximum Gasteiger partial charge on any atom is 0.272 e. The number of carbonyl (C=O) groups is 2. The second-order valence-corrected chi connectivity index (χ2v) is 7.84. The van der Waals surface area contributed by atoms with Crippen LogP contribution in [-0.4, -0.2) is 64.2 Å². The predicted molar refractivity (Wildman–Crippen MR) is 109 cm³/mol. The van der Waals surface area contributed by atoms with E-state index in [1.165, 1.54) is 24.3 Å². The number of carbonyl (C=O) groups excluding carboxylic acids is 2. The van der Waals surface area contributed by atoms with Crippen LogP contribution in [0, 0.1) is 5.82 Å². The normalized spacial score (nSPS) is 19.4. The first-order chi connectivity index (χ1) is 14.5. The molecule has 1 saturated heterocycles. The molecule has 4 rings (SSSR count). The molecule has 1 unspecified atom stereocenters. The Hall–Kier alpha value is -2.90. The van der Waals surface area contributed by atoms with Crippen molar-refractivity contribution in [3.63, 3.8) is 0 Å². The Kier molecular flexibility index (Phi) is 6.01. The molecule has 0 aliphatic carbocycles. The van der Waals surface area contributed by atoms with Crippen LogP contribution in [0.25, 0.3) is 0 Å². The highest BCUT2D eigenvalue weighted by atomic mass is 19.1. The Bertz CT molecular complexity index is 912. The quantitative estimate of drug-likeness (QED) is 0.755. The maximum absolute atomic E-state index is 13.0. The van der Waals surface area contributed by atoms with Crippen LogP contribution in [0.5, 0.6) is 5.75 Å². The predicted octanol–water partition coefficient (Wildman–Crippen LogP) is 2.67. The molecule has 160 valence electrons. The van der Waals surface area contributed by atoms with E-state index in [4.69, 9.17) is 9.84 Å². The summed E-state index contributed by atoms with van der Waals surface area (Å²) < 4.78 is 20.3. The Balaban J connectivity index is 1.40. The number of halogens is 1. The van der Waals surface area contributed by atoms with E-state index in [9.17, 15) is 14.0 Å². The zero-order valence-corrected chi connectivity index (χ0v) is 17.2. The van der Waals surface area contributed by atoms with Gasteiger partial charge in [0.2, 0.25) is 0 Å². The molecule has 2 aromatic rings. The molecule has 1 aromatic carbocycles. The number of aryl methyl sites for hydroxylation is 1. The molecule has 1 aromatic heterocycles. The van der Waals surface area contributed by atoms with Gasteiger partial charge >= 0.3 is 0 Å². The third kappa shape index (κ3) is 4.32. The Morgan fingerprint density at radius 2 is 2.00 bits per heavy atom. The SMILES string of the molecule is CCN1CCCn2nc(C3CCCN(C(=O)COc4ccc(F)cc4)C3)cc2C1=O. The van der Waals surface area contributed by atoms with Crippen molar-refractivity contribution in [1.82, 2.24) is 19.6 Å². The summed E-state index contributed by atoms with van der Waals surface area (Å²) in [6, 6.07) is 7.54. The Labute approximate surface area is 175 Å². The largest absolute Gasteiger partial charge is 0.484 e. The minimum atomic E-state index is -0.341. The average Bonchev–Trinajstić information content (AvgIpc) is 3.14. The first-order valence-corrected chi connectivity index (χ1v) is 10.6. The lowest BCUT2D eigenvalue weighted by Gasteiger charge is -2.32. The van der Waals surface area contributed by atoms with E-state index in [0.717, 1.165) is 38.0 Å². The summed E-state index contributed by atoms with van der Waals surface area (Å²) in [6.07, 6.45) is 2.71. The molecule has 3 heterocycles. The Morgan fingerprint density at radius 1 is 1.20 bits per heavy atom. The number of aromatic nitrogens is 2. The lowest BCUT2D eigenvalue weighted by molar-refractivity contribution is -0.134. The fourth-order valence-electron chi connectivity index (χ4n) is 4.17. The summed E-state index contributed by atoms with van der Waals surface area (Å²) in [5, 5.41) is 4.71. The van der Waals surface area contributed by atoms with Crippen molar-refractivity contribution in [2.45, 2.75) is 38.6 Å². The summed E-state index contributed by atoms with van der Waals surface area (Å²) in [7, 11) is 0. The van der Waals surface area contributed by atoms with Gasteiger partial charge in [-0.2, -0.15) is 5.10 Å². The van der Waals surface area contributed by atoms with Gasteiger partial charge in [-0.3, -0.25) is 14.3 Å². The number of nitrogens with zero attached hydrogens (tertiary/aromatic N) is 4. The first-order valence-electron chi connectivity index (χ1n) is 10.6. The van der Waals surface area contributed by atoms with Gasteiger partial charge in [-0.1, -0.05) is 0 Å². The van der Waals surface area contributed by atoms with Crippen molar-refractivity contribution in [3.8, 4) is 5.75 Å². The van der Waals surface area contributed by atoms with Gasteiger partial charge in [-0.05, 0) is 56.5 Å². The second kappa shape index (κ2) is 8.85. The monoisotopic (exact) mass is 414 g/mol. The van der Waals surface area contributed by atoms with E-state index in [0.29, 0.717) is 31.1 Å². The topological polar surface area (TPSA) is 67.7 Å². The third-order valence-electron chi connectivity index (χ3n) is 5.85. The molecule has 2 aliphatic rings. The minimum Gasteiger partial charge on any atom is -0.484 e. The van der Waals surface area contributed by atoms with Gasteiger partial charge in [0.15, 0.2) is 6.61 Å². The van der Waals surface area contributed by atoms with Gasteiger partial charge in [-0.15, -0.1) is 0 Å². The molecule has 8 heteroatoms. The van der Waals surface area contributed by atoms with E-state index < -0.39 is 0 Å². The van der Waals surface area contributed by atoms with Gasteiger partial charge in [0.1, 0.15) is 17.3 Å². The summed E-state index contributed by atoms with van der Waals surface area (Å²) >= 11 is 0. The number of amides is 2. The second-order valence-electron chi connectivity index (χ2n) is 7.84. The summed E-state index contributed by atoms with van der Waals surface area (Å²) in [6.45, 7) is 5.34. The fourth-order valence-corrected chi connectivity index (χ4v) is 4.17. The van der Waals surface area contributed by atoms with E-state index in [-0.39, 0.29) is 30.2 Å². The van der Waals surface area contributed by atoms with Crippen LogP contribution < -0.4 is 4.74 Å². The minimum absolute atomic E-state index is 0.0326. The molecule has 1 fully saturated rings. The molecule has 30 heavy (non-hydrogen) atoms.